The van der Waals surface area contributed by atoms with Crippen molar-refractivity contribution in [1.29, 1.82) is 0 Å². The van der Waals surface area contributed by atoms with Crippen LogP contribution in [0.5, 0.6) is 5.75 Å². The van der Waals surface area contributed by atoms with Crippen molar-refractivity contribution in [3.8, 4) is 16.3 Å². The van der Waals surface area contributed by atoms with Crippen LogP contribution in [0.2, 0.25) is 0 Å². The summed E-state index contributed by atoms with van der Waals surface area (Å²) in [7, 11) is 1.65. The Balaban J connectivity index is 2.37. The van der Waals surface area contributed by atoms with Gasteiger partial charge in [0, 0.05) is 16.6 Å². The van der Waals surface area contributed by atoms with Gasteiger partial charge in [0.15, 0.2) is 0 Å². The SMILES string of the molecule is COc1ccc(-c2ncc(CCl)s2)cc1Br. The van der Waals surface area contributed by atoms with Gasteiger partial charge in [-0.3, -0.25) is 0 Å². The van der Waals surface area contributed by atoms with Gasteiger partial charge in [0.1, 0.15) is 10.8 Å². The van der Waals surface area contributed by atoms with E-state index in [1.165, 1.54) is 0 Å². The Hall–Kier alpha value is -0.580. The van der Waals surface area contributed by atoms with Crippen molar-refractivity contribution in [3.63, 3.8) is 0 Å². The number of aromatic nitrogens is 1. The highest BCUT2D eigenvalue weighted by molar-refractivity contribution is 9.10. The minimum atomic E-state index is 0.509. The molecular formula is C11H9BrClNOS. The fourth-order valence-corrected chi connectivity index (χ4v) is 2.83. The fourth-order valence-electron chi connectivity index (χ4n) is 1.30. The van der Waals surface area contributed by atoms with E-state index >= 15 is 0 Å². The molecule has 0 atom stereocenters. The average Bonchev–Trinajstić information content (AvgIpc) is 2.77. The number of benzene rings is 1. The van der Waals surface area contributed by atoms with Crippen molar-refractivity contribution in [2.75, 3.05) is 7.11 Å². The number of nitrogens with zero attached hydrogens (tertiary/aromatic N) is 1. The van der Waals surface area contributed by atoms with Gasteiger partial charge >= 0.3 is 0 Å². The van der Waals surface area contributed by atoms with Crippen LogP contribution in [-0.4, -0.2) is 12.1 Å². The molecule has 1 heterocycles. The van der Waals surface area contributed by atoms with E-state index in [2.05, 4.69) is 20.9 Å². The first kappa shape index (κ1) is 11.9. The molecule has 16 heavy (non-hydrogen) atoms. The standard InChI is InChI=1S/C11H9BrClNOS/c1-15-10-3-2-7(4-9(10)12)11-14-6-8(5-13)16-11/h2-4,6H,5H2,1H3. The zero-order valence-electron chi connectivity index (χ0n) is 8.54. The van der Waals surface area contributed by atoms with Crippen molar-refractivity contribution in [3.05, 3.63) is 33.7 Å². The topological polar surface area (TPSA) is 22.1 Å². The Kier molecular flexibility index (Phi) is 3.84. The maximum absolute atomic E-state index is 5.75. The summed E-state index contributed by atoms with van der Waals surface area (Å²) in [5, 5.41) is 0.971. The van der Waals surface area contributed by atoms with Gasteiger partial charge in [0.05, 0.1) is 17.5 Å². The Labute approximate surface area is 111 Å². The molecule has 0 aliphatic carbocycles. The molecule has 0 unspecified atom stereocenters. The highest BCUT2D eigenvalue weighted by atomic mass is 79.9. The largest absolute Gasteiger partial charge is 0.496 e. The fraction of sp³-hybridized carbons (Fsp3) is 0.182. The summed E-state index contributed by atoms with van der Waals surface area (Å²) in [5.41, 5.74) is 1.06. The third-order valence-corrected chi connectivity index (χ3v) is 4.20. The third kappa shape index (κ3) is 2.39. The molecule has 0 bridgehead atoms. The second-order valence-corrected chi connectivity index (χ2v) is 5.35. The van der Waals surface area contributed by atoms with E-state index in [1.54, 1.807) is 18.4 Å². The van der Waals surface area contributed by atoms with E-state index in [9.17, 15) is 0 Å². The highest BCUT2D eigenvalue weighted by Gasteiger charge is 2.07. The lowest BCUT2D eigenvalue weighted by molar-refractivity contribution is 0.412. The van der Waals surface area contributed by atoms with E-state index in [4.69, 9.17) is 16.3 Å². The first-order valence-electron chi connectivity index (χ1n) is 4.59. The molecule has 0 saturated carbocycles. The minimum absolute atomic E-state index is 0.509. The molecular weight excluding hydrogens is 310 g/mol. The third-order valence-electron chi connectivity index (χ3n) is 2.08. The molecule has 0 radical (unpaired) electrons. The summed E-state index contributed by atoms with van der Waals surface area (Å²) in [6, 6.07) is 5.90. The number of hydrogen-bond donors (Lipinski definition) is 0. The Morgan fingerprint density at radius 1 is 1.50 bits per heavy atom. The molecule has 1 aromatic carbocycles. The van der Waals surface area contributed by atoms with Crippen molar-refractivity contribution in [1.82, 2.24) is 4.98 Å². The summed E-state index contributed by atoms with van der Waals surface area (Å²) in [4.78, 5) is 5.40. The number of alkyl halides is 1. The summed E-state index contributed by atoms with van der Waals surface area (Å²) in [5.74, 6) is 1.33. The van der Waals surface area contributed by atoms with Gasteiger partial charge in [-0.1, -0.05) is 0 Å². The highest BCUT2D eigenvalue weighted by Crippen LogP contribution is 2.32. The number of methoxy groups -OCH3 is 1. The molecule has 0 amide bonds. The molecule has 1 aromatic heterocycles. The van der Waals surface area contributed by atoms with Crippen molar-refractivity contribution in [2.24, 2.45) is 0 Å². The lowest BCUT2D eigenvalue weighted by atomic mass is 10.2. The number of rotatable bonds is 3. The smallest absolute Gasteiger partial charge is 0.133 e. The molecule has 5 heteroatoms. The molecule has 0 spiro atoms. The van der Waals surface area contributed by atoms with Crippen LogP contribution in [-0.2, 0) is 5.88 Å². The maximum Gasteiger partial charge on any atom is 0.133 e. The van der Waals surface area contributed by atoms with Gasteiger partial charge in [-0.15, -0.1) is 22.9 Å². The molecule has 84 valence electrons. The molecule has 0 fully saturated rings. The normalized spacial score (nSPS) is 10.4. The van der Waals surface area contributed by atoms with Crippen LogP contribution in [0.4, 0.5) is 0 Å². The Morgan fingerprint density at radius 2 is 2.31 bits per heavy atom. The van der Waals surface area contributed by atoms with Crippen LogP contribution in [0, 0.1) is 0 Å². The van der Waals surface area contributed by atoms with E-state index in [0.29, 0.717) is 5.88 Å². The zero-order valence-corrected chi connectivity index (χ0v) is 11.7. The predicted molar refractivity (Wildman–Crippen MR) is 71.4 cm³/mol. The van der Waals surface area contributed by atoms with E-state index < -0.39 is 0 Å². The number of thiazole rings is 1. The molecule has 0 N–H and O–H groups in total. The van der Waals surface area contributed by atoms with Crippen molar-refractivity contribution in [2.45, 2.75) is 5.88 Å². The second kappa shape index (κ2) is 5.17. The van der Waals surface area contributed by atoms with Crippen molar-refractivity contribution >= 4 is 38.9 Å². The molecule has 0 aliphatic heterocycles. The summed E-state index contributed by atoms with van der Waals surface area (Å²) in [6.07, 6.45) is 1.81. The Morgan fingerprint density at radius 3 is 2.88 bits per heavy atom. The van der Waals surface area contributed by atoms with Crippen LogP contribution in [0.1, 0.15) is 4.88 Å². The minimum Gasteiger partial charge on any atom is -0.496 e. The monoisotopic (exact) mass is 317 g/mol. The van der Waals surface area contributed by atoms with Crippen LogP contribution in [0.25, 0.3) is 10.6 Å². The lowest BCUT2D eigenvalue weighted by Crippen LogP contribution is -1.84. The van der Waals surface area contributed by atoms with E-state index in [-0.39, 0.29) is 0 Å². The number of halogens is 2. The van der Waals surface area contributed by atoms with E-state index in [0.717, 1.165) is 25.7 Å². The van der Waals surface area contributed by atoms with Gasteiger partial charge in [-0.05, 0) is 34.1 Å². The first-order valence-corrected chi connectivity index (χ1v) is 6.73. The van der Waals surface area contributed by atoms with Gasteiger partial charge in [-0.25, -0.2) is 4.98 Å². The molecule has 0 aliphatic rings. The van der Waals surface area contributed by atoms with Gasteiger partial charge in [0.25, 0.3) is 0 Å². The zero-order chi connectivity index (χ0) is 11.5. The van der Waals surface area contributed by atoms with Gasteiger partial charge < -0.3 is 4.74 Å². The van der Waals surface area contributed by atoms with Crippen LogP contribution < -0.4 is 4.74 Å². The maximum atomic E-state index is 5.75. The van der Waals surface area contributed by atoms with Crippen LogP contribution in [0.3, 0.4) is 0 Å². The quantitative estimate of drug-likeness (QED) is 0.786. The van der Waals surface area contributed by atoms with Crippen LogP contribution >= 0.6 is 38.9 Å². The van der Waals surface area contributed by atoms with E-state index in [1.807, 2.05) is 24.4 Å². The molecule has 2 aromatic rings. The lowest BCUT2D eigenvalue weighted by Gasteiger charge is -2.03. The van der Waals surface area contributed by atoms with Gasteiger partial charge in [0.2, 0.25) is 0 Å². The molecule has 0 saturated heterocycles. The number of ether oxygens (including phenoxy) is 1. The summed E-state index contributed by atoms with van der Waals surface area (Å²) >= 11 is 10.8. The van der Waals surface area contributed by atoms with Crippen LogP contribution in [0.15, 0.2) is 28.9 Å². The Bertz CT molecular complexity index is 500. The predicted octanol–water partition coefficient (Wildman–Crippen LogP) is 4.32. The number of hydrogen-bond acceptors (Lipinski definition) is 3. The van der Waals surface area contributed by atoms with Gasteiger partial charge in [-0.2, -0.15) is 0 Å². The summed E-state index contributed by atoms with van der Waals surface area (Å²) < 4.78 is 6.10. The second-order valence-electron chi connectivity index (χ2n) is 3.11. The molecule has 2 rings (SSSR count). The first-order chi connectivity index (χ1) is 7.74. The van der Waals surface area contributed by atoms with Crippen molar-refractivity contribution < 1.29 is 4.74 Å². The summed E-state index contributed by atoms with van der Waals surface area (Å²) in [6.45, 7) is 0. The average molecular weight is 319 g/mol. The molecule has 2 nitrogen and oxygen atoms in total.